The zero-order valence-electron chi connectivity index (χ0n) is 10.3. The molecule has 0 radical (unpaired) electrons. The Bertz CT molecular complexity index is 279. The van der Waals surface area contributed by atoms with Crippen LogP contribution >= 0.6 is 0 Å². The molecule has 0 saturated heterocycles. The molecule has 0 unspecified atom stereocenters. The number of carbonyl (C=O) groups is 1. The van der Waals surface area contributed by atoms with Crippen molar-refractivity contribution in [2.75, 3.05) is 0 Å². The lowest BCUT2D eigenvalue weighted by atomic mass is 9.96. The lowest BCUT2D eigenvalue weighted by Gasteiger charge is -2.08. The predicted octanol–water partition coefficient (Wildman–Crippen LogP) is 2.83. The lowest BCUT2D eigenvalue weighted by Crippen LogP contribution is -2.00. The Morgan fingerprint density at radius 1 is 1.27 bits per heavy atom. The van der Waals surface area contributed by atoms with Gasteiger partial charge in [0.15, 0.2) is 0 Å². The smallest absolute Gasteiger partial charge is 0.116 e. The molecule has 1 aliphatic rings. The van der Waals surface area contributed by atoms with Gasteiger partial charge in [-0.05, 0) is 45.1 Å². The molecule has 0 saturated carbocycles. The maximum atomic E-state index is 8.81. The zero-order valence-corrected chi connectivity index (χ0v) is 10.3. The second-order valence-corrected chi connectivity index (χ2v) is 3.22. The van der Waals surface area contributed by atoms with Crippen LogP contribution < -0.4 is 0 Å². The van der Waals surface area contributed by atoms with Gasteiger partial charge in [-0.3, -0.25) is 5.10 Å². The highest BCUT2D eigenvalue weighted by molar-refractivity contribution is 5.44. The summed E-state index contributed by atoms with van der Waals surface area (Å²) in [6.07, 6.45) is 5.82. The number of nitrogens with zero attached hydrogens (tertiary/aromatic N) is 1. The van der Waals surface area contributed by atoms with E-state index in [-0.39, 0.29) is 0 Å². The van der Waals surface area contributed by atoms with Gasteiger partial charge in [0.25, 0.3) is 0 Å². The Hall–Kier alpha value is -1.12. The summed E-state index contributed by atoms with van der Waals surface area (Å²) in [6, 6.07) is 0. The third-order valence-electron chi connectivity index (χ3n) is 2.25. The Kier molecular flexibility index (Phi) is 7.60. The van der Waals surface area contributed by atoms with Gasteiger partial charge in [0, 0.05) is 5.69 Å². The Balaban J connectivity index is 0.000000342. The topological polar surface area (TPSA) is 45.8 Å². The molecule has 0 aliphatic heterocycles. The molecule has 3 nitrogen and oxygen atoms in total. The summed E-state index contributed by atoms with van der Waals surface area (Å²) in [5, 5.41) is 7.26. The highest BCUT2D eigenvalue weighted by Crippen LogP contribution is 2.20. The van der Waals surface area contributed by atoms with Crippen LogP contribution in [0.3, 0.4) is 0 Å². The molecule has 3 heteroatoms. The monoisotopic (exact) mass is 210 g/mol. The van der Waals surface area contributed by atoms with Crippen LogP contribution in [0.25, 0.3) is 0 Å². The highest BCUT2D eigenvalue weighted by Gasteiger charge is 2.13. The van der Waals surface area contributed by atoms with E-state index in [1.54, 1.807) is 0 Å². The van der Waals surface area contributed by atoms with E-state index in [1.807, 2.05) is 13.8 Å². The predicted molar refractivity (Wildman–Crippen MR) is 63.1 cm³/mol. The maximum absolute atomic E-state index is 8.81. The van der Waals surface area contributed by atoms with E-state index >= 15 is 0 Å². The van der Waals surface area contributed by atoms with Crippen LogP contribution in [0.1, 0.15) is 50.6 Å². The first-order valence-electron chi connectivity index (χ1n) is 5.72. The van der Waals surface area contributed by atoms with Crippen molar-refractivity contribution in [2.24, 2.45) is 0 Å². The minimum atomic E-state index is 0.750. The lowest BCUT2D eigenvalue weighted by molar-refractivity contribution is -0.106. The molecular weight excluding hydrogens is 188 g/mol. The summed E-state index contributed by atoms with van der Waals surface area (Å²) < 4.78 is 0. The molecule has 86 valence electrons. The SMILES string of the molecule is CC.CC=O.Cc1[nH]nc2c1CCCC2. The number of carbonyl (C=O) groups excluding carboxylic acids is 1. The van der Waals surface area contributed by atoms with E-state index < -0.39 is 0 Å². The Morgan fingerprint density at radius 3 is 2.33 bits per heavy atom. The molecule has 0 amide bonds. The minimum Gasteiger partial charge on any atom is -0.304 e. The van der Waals surface area contributed by atoms with Gasteiger partial charge in [-0.2, -0.15) is 5.10 Å². The van der Waals surface area contributed by atoms with Crippen molar-refractivity contribution in [2.45, 2.75) is 53.4 Å². The molecule has 2 rings (SSSR count). The molecule has 1 aromatic heterocycles. The number of hydrogen-bond acceptors (Lipinski definition) is 2. The summed E-state index contributed by atoms with van der Waals surface area (Å²) >= 11 is 0. The molecule has 0 fully saturated rings. The van der Waals surface area contributed by atoms with Crippen LogP contribution in [-0.4, -0.2) is 16.5 Å². The fraction of sp³-hybridized carbons (Fsp3) is 0.667. The van der Waals surface area contributed by atoms with Crippen molar-refractivity contribution in [3.8, 4) is 0 Å². The zero-order chi connectivity index (χ0) is 11.7. The average Bonchev–Trinajstić information content (AvgIpc) is 2.65. The van der Waals surface area contributed by atoms with Crippen LogP contribution in [0, 0.1) is 6.92 Å². The first kappa shape index (κ1) is 13.9. The molecule has 0 atom stereocenters. The van der Waals surface area contributed by atoms with Crippen LogP contribution in [0.5, 0.6) is 0 Å². The van der Waals surface area contributed by atoms with E-state index in [9.17, 15) is 0 Å². The normalized spacial score (nSPS) is 12.5. The molecule has 1 N–H and O–H groups in total. The molecule has 0 bridgehead atoms. The Labute approximate surface area is 92.3 Å². The molecule has 1 aromatic rings. The van der Waals surface area contributed by atoms with Gasteiger partial charge in [0.1, 0.15) is 6.29 Å². The van der Waals surface area contributed by atoms with Crippen LogP contribution in [0.2, 0.25) is 0 Å². The fourth-order valence-corrected chi connectivity index (χ4v) is 1.64. The van der Waals surface area contributed by atoms with Gasteiger partial charge in [-0.1, -0.05) is 13.8 Å². The van der Waals surface area contributed by atoms with E-state index in [1.165, 1.54) is 49.6 Å². The van der Waals surface area contributed by atoms with E-state index in [0.717, 1.165) is 6.29 Å². The summed E-state index contributed by atoms with van der Waals surface area (Å²) in [6.45, 7) is 7.55. The van der Waals surface area contributed by atoms with Crippen molar-refractivity contribution in [3.63, 3.8) is 0 Å². The average molecular weight is 210 g/mol. The molecule has 1 aliphatic carbocycles. The van der Waals surface area contributed by atoms with Crippen molar-refractivity contribution in [1.82, 2.24) is 10.2 Å². The number of H-pyrrole nitrogens is 1. The summed E-state index contributed by atoms with van der Waals surface area (Å²) in [7, 11) is 0. The third kappa shape index (κ3) is 4.28. The number of nitrogens with one attached hydrogen (secondary N) is 1. The van der Waals surface area contributed by atoms with Crippen molar-refractivity contribution in [3.05, 3.63) is 17.0 Å². The summed E-state index contributed by atoms with van der Waals surface area (Å²) in [4.78, 5) is 8.81. The quantitative estimate of drug-likeness (QED) is 0.669. The molecule has 0 aromatic carbocycles. The van der Waals surface area contributed by atoms with Gasteiger partial charge in [0.05, 0.1) is 5.69 Å². The number of aromatic amines is 1. The summed E-state index contributed by atoms with van der Waals surface area (Å²) in [5.41, 5.74) is 4.06. The minimum absolute atomic E-state index is 0.750. The molecule has 1 heterocycles. The van der Waals surface area contributed by atoms with Gasteiger partial charge in [-0.25, -0.2) is 0 Å². The largest absolute Gasteiger partial charge is 0.304 e. The van der Waals surface area contributed by atoms with Crippen molar-refractivity contribution < 1.29 is 4.79 Å². The third-order valence-corrected chi connectivity index (χ3v) is 2.25. The van der Waals surface area contributed by atoms with Crippen molar-refractivity contribution >= 4 is 6.29 Å². The summed E-state index contributed by atoms with van der Waals surface area (Å²) in [5.74, 6) is 0. The van der Waals surface area contributed by atoms with E-state index in [0.29, 0.717) is 0 Å². The standard InChI is InChI=1S/C8H12N2.C2H4O.C2H6/c1-6-7-4-2-3-5-8(7)10-9-6;1-2-3;1-2/h2-5H2,1H3,(H,9,10);2H,1H3;1-2H3. The maximum Gasteiger partial charge on any atom is 0.116 e. The van der Waals surface area contributed by atoms with Gasteiger partial charge < -0.3 is 4.79 Å². The van der Waals surface area contributed by atoms with E-state index in [4.69, 9.17) is 4.79 Å². The van der Waals surface area contributed by atoms with Crippen LogP contribution in [-0.2, 0) is 17.6 Å². The molecular formula is C12H22N2O. The first-order valence-corrected chi connectivity index (χ1v) is 5.72. The molecule has 0 spiro atoms. The van der Waals surface area contributed by atoms with Crippen LogP contribution in [0.4, 0.5) is 0 Å². The van der Waals surface area contributed by atoms with E-state index in [2.05, 4.69) is 17.1 Å². The number of aryl methyl sites for hydroxylation is 2. The van der Waals surface area contributed by atoms with Gasteiger partial charge in [0.2, 0.25) is 0 Å². The number of fused-ring (bicyclic) bond motifs is 1. The number of aldehydes is 1. The number of hydrogen-bond donors (Lipinski definition) is 1. The second kappa shape index (κ2) is 8.21. The van der Waals surface area contributed by atoms with Crippen LogP contribution in [0.15, 0.2) is 0 Å². The van der Waals surface area contributed by atoms with Crippen molar-refractivity contribution in [1.29, 1.82) is 0 Å². The first-order chi connectivity index (χ1) is 7.29. The fourth-order valence-electron chi connectivity index (χ4n) is 1.64. The molecule has 15 heavy (non-hydrogen) atoms. The van der Waals surface area contributed by atoms with Gasteiger partial charge >= 0.3 is 0 Å². The number of rotatable bonds is 0. The highest BCUT2D eigenvalue weighted by atomic mass is 16.1. The second-order valence-electron chi connectivity index (χ2n) is 3.22. The van der Waals surface area contributed by atoms with Gasteiger partial charge in [-0.15, -0.1) is 0 Å². The number of aromatic nitrogens is 2. The Morgan fingerprint density at radius 2 is 1.80 bits per heavy atom.